The molecule has 1 fully saturated rings. The second-order valence-electron chi connectivity index (χ2n) is 4.38. The maximum Gasteiger partial charge on any atom is 0.125 e. The second-order valence-corrected chi connectivity index (χ2v) is 4.38. The SMILES string of the molecule is COc1ccc(OC)c(C2(O)CCCNC2)c1. The van der Waals surface area contributed by atoms with Crippen molar-refractivity contribution < 1.29 is 14.6 Å². The van der Waals surface area contributed by atoms with Crippen molar-refractivity contribution in [2.45, 2.75) is 18.4 Å². The molecule has 1 heterocycles. The van der Waals surface area contributed by atoms with E-state index in [4.69, 9.17) is 9.47 Å². The monoisotopic (exact) mass is 237 g/mol. The van der Waals surface area contributed by atoms with Crippen LogP contribution in [0.1, 0.15) is 18.4 Å². The zero-order chi connectivity index (χ0) is 12.3. The number of piperidine rings is 1. The largest absolute Gasteiger partial charge is 0.497 e. The molecule has 0 amide bonds. The maximum atomic E-state index is 10.7. The quantitative estimate of drug-likeness (QED) is 0.831. The first-order valence-corrected chi connectivity index (χ1v) is 5.85. The second kappa shape index (κ2) is 4.94. The molecule has 94 valence electrons. The van der Waals surface area contributed by atoms with E-state index in [1.165, 1.54) is 0 Å². The van der Waals surface area contributed by atoms with Gasteiger partial charge in [-0.15, -0.1) is 0 Å². The predicted octanol–water partition coefficient (Wildman–Crippen LogP) is 1.27. The van der Waals surface area contributed by atoms with Gasteiger partial charge in [-0.3, -0.25) is 0 Å². The van der Waals surface area contributed by atoms with Crippen LogP contribution in [0.5, 0.6) is 11.5 Å². The maximum absolute atomic E-state index is 10.7. The number of ether oxygens (including phenoxy) is 2. The first kappa shape index (κ1) is 12.2. The number of methoxy groups -OCH3 is 2. The summed E-state index contributed by atoms with van der Waals surface area (Å²) in [5.74, 6) is 1.44. The van der Waals surface area contributed by atoms with Gasteiger partial charge in [0, 0.05) is 12.1 Å². The van der Waals surface area contributed by atoms with Crippen molar-refractivity contribution in [1.29, 1.82) is 0 Å². The molecule has 4 heteroatoms. The zero-order valence-electron chi connectivity index (χ0n) is 10.3. The molecule has 2 rings (SSSR count). The van der Waals surface area contributed by atoms with Gasteiger partial charge in [0.25, 0.3) is 0 Å². The lowest BCUT2D eigenvalue weighted by molar-refractivity contribution is 0.0101. The summed E-state index contributed by atoms with van der Waals surface area (Å²) in [5.41, 5.74) is -0.0652. The Kier molecular flexibility index (Phi) is 3.54. The lowest BCUT2D eigenvalue weighted by Crippen LogP contribution is -2.43. The molecule has 1 saturated heterocycles. The number of hydrogen-bond acceptors (Lipinski definition) is 4. The average Bonchev–Trinajstić information content (AvgIpc) is 2.39. The number of rotatable bonds is 3. The molecule has 0 aliphatic carbocycles. The minimum absolute atomic E-state index is 0.552. The molecule has 0 saturated carbocycles. The van der Waals surface area contributed by atoms with E-state index in [0.29, 0.717) is 12.3 Å². The van der Waals surface area contributed by atoms with E-state index in [9.17, 15) is 5.11 Å². The van der Waals surface area contributed by atoms with Crippen molar-refractivity contribution in [2.75, 3.05) is 27.3 Å². The number of benzene rings is 1. The summed E-state index contributed by atoms with van der Waals surface area (Å²) in [6.45, 7) is 1.51. The molecule has 1 aromatic rings. The molecule has 0 radical (unpaired) electrons. The fourth-order valence-electron chi connectivity index (χ4n) is 2.30. The number of nitrogens with one attached hydrogen (secondary N) is 1. The summed E-state index contributed by atoms with van der Waals surface area (Å²) in [6, 6.07) is 5.52. The van der Waals surface area contributed by atoms with Gasteiger partial charge in [0.15, 0.2) is 0 Å². The highest BCUT2D eigenvalue weighted by molar-refractivity contribution is 5.44. The topological polar surface area (TPSA) is 50.7 Å². The third kappa shape index (κ3) is 2.37. The Morgan fingerprint density at radius 2 is 2.12 bits per heavy atom. The van der Waals surface area contributed by atoms with Crippen molar-refractivity contribution in [3.05, 3.63) is 23.8 Å². The van der Waals surface area contributed by atoms with Gasteiger partial charge >= 0.3 is 0 Å². The lowest BCUT2D eigenvalue weighted by Gasteiger charge is -2.34. The Labute approximate surface area is 102 Å². The van der Waals surface area contributed by atoms with Gasteiger partial charge in [0.1, 0.15) is 17.1 Å². The molecular formula is C13H19NO3. The Morgan fingerprint density at radius 3 is 2.71 bits per heavy atom. The van der Waals surface area contributed by atoms with E-state index in [2.05, 4.69) is 5.32 Å². The van der Waals surface area contributed by atoms with Gasteiger partial charge < -0.3 is 19.9 Å². The molecule has 1 aromatic carbocycles. The summed E-state index contributed by atoms with van der Waals surface area (Å²) >= 11 is 0. The van der Waals surface area contributed by atoms with Gasteiger partial charge in [-0.1, -0.05) is 0 Å². The van der Waals surface area contributed by atoms with E-state index < -0.39 is 5.60 Å². The molecule has 1 atom stereocenters. The van der Waals surface area contributed by atoms with E-state index in [1.807, 2.05) is 18.2 Å². The Morgan fingerprint density at radius 1 is 1.29 bits per heavy atom. The van der Waals surface area contributed by atoms with Crippen LogP contribution < -0.4 is 14.8 Å². The summed E-state index contributed by atoms with van der Waals surface area (Å²) in [4.78, 5) is 0. The van der Waals surface area contributed by atoms with Crippen LogP contribution in [0, 0.1) is 0 Å². The van der Waals surface area contributed by atoms with Crippen molar-refractivity contribution in [2.24, 2.45) is 0 Å². The van der Waals surface area contributed by atoms with Crippen LogP contribution >= 0.6 is 0 Å². The normalized spacial score (nSPS) is 24.4. The molecular weight excluding hydrogens is 218 g/mol. The number of aliphatic hydroxyl groups is 1. The highest BCUT2D eigenvalue weighted by Gasteiger charge is 2.34. The smallest absolute Gasteiger partial charge is 0.125 e. The first-order valence-electron chi connectivity index (χ1n) is 5.85. The van der Waals surface area contributed by atoms with Crippen LogP contribution in [0.3, 0.4) is 0 Å². The average molecular weight is 237 g/mol. The third-order valence-electron chi connectivity index (χ3n) is 3.27. The van der Waals surface area contributed by atoms with E-state index in [0.717, 1.165) is 30.7 Å². The number of β-amino-alcohol motifs (C(OH)–C–C–N with tert-alkyl or cyclic N) is 1. The van der Waals surface area contributed by atoms with Crippen LogP contribution in [0.2, 0.25) is 0 Å². The molecule has 0 aromatic heterocycles. The van der Waals surface area contributed by atoms with E-state index in [-0.39, 0.29) is 0 Å². The Bertz CT molecular complexity index is 386. The Hall–Kier alpha value is -1.26. The van der Waals surface area contributed by atoms with Crippen LogP contribution in [0.4, 0.5) is 0 Å². The summed E-state index contributed by atoms with van der Waals surface area (Å²) in [5, 5.41) is 13.9. The molecule has 4 nitrogen and oxygen atoms in total. The van der Waals surface area contributed by atoms with Gasteiger partial charge in [-0.25, -0.2) is 0 Å². The van der Waals surface area contributed by atoms with Crippen molar-refractivity contribution in [3.63, 3.8) is 0 Å². The zero-order valence-corrected chi connectivity index (χ0v) is 10.3. The van der Waals surface area contributed by atoms with Gasteiger partial charge in [0.2, 0.25) is 0 Å². The molecule has 1 aliphatic rings. The van der Waals surface area contributed by atoms with E-state index in [1.54, 1.807) is 14.2 Å². The number of hydrogen-bond donors (Lipinski definition) is 2. The molecule has 1 aliphatic heterocycles. The summed E-state index contributed by atoms with van der Waals surface area (Å²) in [7, 11) is 3.24. The van der Waals surface area contributed by atoms with Gasteiger partial charge in [-0.05, 0) is 37.6 Å². The van der Waals surface area contributed by atoms with E-state index >= 15 is 0 Å². The highest BCUT2D eigenvalue weighted by atomic mass is 16.5. The van der Waals surface area contributed by atoms with Gasteiger partial charge in [0.05, 0.1) is 14.2 Å². The third-order valence-corrected chi connectivity index (χ3v) is 3.27. The first-order chi connectivity index (χ1) is 8.19. The van der Waals surface area contributed by atoms with Crippen LogP contribution in [0.15, 0.2) is 18.2 Å². The minimum atomic E-state index is -0.863. The molecule has 0 bridgehead atoms. The van der Waals surface area contributed by atoms with Crippen molar-refractivity contribution >= 4 is 0 Å². The summed E-state index contributed by atoms with van der Waals surface area (Å²) in [6.07, 6.45) is 1.69. The van der Waals surface area contributed by atoms with Crippen LogP contribution in [-0.4, -0.2) is 32.4 Å². The fourth-order valence-corrected chi connectivity index (χ4v) is 2.30. The van der Waals surface area contributed by atoms with Crippen LogP contribution in [0.25, 0.3) is 0 Å². The fraction of sp³-hybridized carbons (Fsp3) is 0.538. The molecule has 17 heavy (non-hydrogen) atoms. The molecule has 1 unspecified atom stereocenters. The highest BCUT2D eigenvalue weighted by Crippen LogP contribution is 2.36. The van der Waals surface area contributed by atoms with Crippen molar-refractivity contribution in [1.82, 2.24) is 5.32 Å². The van der Waals surface area contributed by atoms with Crippen molar-refractivity contribution in [3.8, 4) is 11.5 Å². The van der Waals surface area contributed by atoms with Gasteiger partial charge in [-0.2, -0.15) is 0 Å². The predicted molar refractivity (Wildman–Crippen MR) is 65.5 cm³/mol. The van der Waals surface area contributed by atoms with Crippen LogP contribution in [-0.2, 0) is 5.60 Å². The minimum Gasteiger partial charge on any atom is -0.497 e. The summed E-state index contributed by atoms with van der Waals surface area (Å²) < 4.78 is 10.5. The standard InChI is InChI=1S/C13H19NO3/c1-16-10-4-5-12(17-2)11(8-10)13(15)6-3-7-14-9-13/h4-5,8,14-15H,3,6-7,9H2,1-2H3. The molecule has 0 spiro atoms. The molecule has 2 N–H and O–H groups in total. The lowest BCUT2D eigenvalue weighted by atomic mass is 9.86. The Balaban J connectivity index is 2.40.